The minimum Gasteiger partial charge on any atom is -0.131 e. The van der Waals surface area contributed by atoms with Crippen LogP contribution in [0.3, 0.4) is 0 Å². The molecule has 0 rings (SSSR count). The molecule has 0 fully saturated rings. The molecule has 0 spiro atoms. The molecule has 0 N–H and O–H groups in total. The molecule has 0 aromatic heterocycles. The summed E-state index contributed by atoms with van der Waals surface area (Å²) in [6.45, 7) is 8.93. The van der Waals surface area contributed by atoms with Gasteiger partial charge in [-0.25, -0.2) is 0 Å². The van der Waals surface area contributed by atoms with Crippen molar-refractivity contribution in [2.75, 3.05) is 0 Å². The maximum Gasteiger partial charge on any atom is 0.137 e. The fraction of sp³-hybridized carbons (Fsp3) is 0.667. The van der Waals surface area contributed by atoms with E-state index < -0.39 is 8.07 Å². The van der Waals surface area contributed by atoms with Gasteiger partial charge in [0.15, 0.2) is 0 Å². The summed E-state index contributed by atoms with van der Waals surface area (Å²) in [5, 5.41) is 0. The Morgan fingerprint density at radius 1 is 1.08 bits per heavy atom. The zero-order valence-electron chi connectivity index (χ0n) is 9.48. The molecule has 0 unspecified atom stereocenters. The van der Waals surface area contributed by atoms with Crippen LogP contribution in [0.25, 0.3) is 0 Å². The SMILES string of the molecule is C/C=C/CC#C[Si](CC)(CC)CC. The van der Waals surface area contributed by atoms with Crippen LogP contribution in [0.4, 0.5) is 0 Å². The number of rotatable bonds is 4. The average Bonchev–Trinajstić information content (AvgIpc) is 2.20. The summed E-state index contributed by atoms with van der Waals surface area (Å²) in [7, 11) is -1.16. The van der Waals surface area contributed by atoms with Crippen LogP contribution < -0.4 is 0 Å². The maximum atomic E-state index is 3.55. The standard InChI is InChI=1S/C12H22Si/c1-5-9-10-11-12-13(6-2,7-3)8-4/h5,9H,6-8,10H2,1-4H3/b9-5+. The Morgan fingerprint density at radius 3 is 2.00 bits per heavy atom. The minimum absolute atomic E-state index is 0.936. The van der Waals surface area contributed by atoms with Crippen molar-refractivity contribution in [2.45, 2.75) is 52.2 Å². The molecule has 0 aliphatic carbocycles. The van der Waals surface area contributed by atoms with Gasteiger partial charge in [0.05, 0.1) is 0 Å². The van der Waals surface area contributed by atoms with Gasteiger partial charge in [0.25, 0.3) is 0 Å². The molecule has 0 saturated heterocycles. The first-order chi connectivity index (χ1) is 6.24. The molecule has 74 valence electrons. The van der Waals surface area contributed by atoms with Crippen LogP contribution in [0.5, 0.6) is 0 Å². The van der Waals surface area contributed by atoms with Crippen LogP contribution >= 0.6 is 0 Å². The van der Waals surface area contributed by atoms with E-state index in [9.17, 15) is 0 Å². The highest BCUT2D eigenvalue weighted by Crippen LogP contribution is 2.18. The van der Waals surface area contributed by atoms with Crippen LogP contribution in [-0.4, -0.2) is 8.07 Å². The van der Waals surface area contributed by atoms with Crippen molar-refractivity contribution in [2.24, 2.45) is 0 Å². The largest absolute Gasteiger partial charge is 0.137 e. The Kier molecular flexibility index (Phi) is 6.71. The Bertz CT molecular complexity index is 193. The van der Waals surface area contributed by atoms with E-state index in [-0.39, 0.29) is 0 Å². The van der Waals surface area contributed by atoms with Gasteiger partial charge in [0.2, 0.25) is 0 Å². The lowest BCUT2D eigenvalue weighted by atomic mass is 10.4. The van der Waals surface area contributed by atoms with Crippen LogP contribution in [-0.2, 0) is 0 Å². The third kappa shape index (κ3) is 4.33. The van der Waals surface area contributed by atoms with Crippen LogP contribution in [0.1, 0.15) is 34.1 Å². The normalized spacial score (nSPS) is 11.4. The molecule has 0 aliphatic heterocycles. The highest BCUT2D eigenvalue weighted by molar-refractivity contribution is 6.87. The summed E-state index contributed by atoms with van der Waals surface area (Å²) in [6, 6.07) is 3.93. The fourth-order valence-electron chi connectivity index (χ4n) is 1.43. The van der Waals surface area contributed by atoms with E-state index in [0.717, 1.165) is 6.42 Å². The van der Waals surface area contributed by atoms with Crippen LogP contribution in [0.15, 0.2) is 12.2 Å². The zero-order chi connectivity index (χ0) is 10.2. The van der Waals surface area contributed by atoms with Crippen LogP contribution in [0, 0.1) is 11.5 Å². The molecule has 0 aromatic carbocycles. The van der Waals surface area contributed by atoms with E-state index in [1.165, 1.54) is 18.1 Å². The molecule has 0 amide bonds. The van der Waals surface area contributed by atoms with Gasteiger partial charge in [-0.3, -0.25) is 0 Å². The molecule has 1 heteroatoms. The third-order valence-corrected chi connectivity index (χ3v) is 7.61. The van der Waals surface area contributed by atoms with Crippen molar-refractivity contribution in [1.82, 2.24) is 0 Å². The van der Waals surface area contributed by atoms with Crippen molar-refractivity contribution in [3.8, 4) is 11.5 Å². The van der Waals surface area contributed by atoms with Gasteiger partial charge < -0.3 is 0 Å². The highest BCUT2D eigenvalue weighted by Gasteiger charge is 2.23. The second kappa shape index (κ2) is 6.97. The van der Waals surface area contributed by atoms with E-state index in [1.807, 2.05) is 6.92 Å². The van der Waals surface area contributed by atoms with Gasteiger partial charge in [-0.2, -0.15) is 0 Å². The predicted octanol–water partition coefficient (Wildman–Crippen LogP) is 4.00. The smallest absolute Gasteiger partial charge is 0.131 e. The van der Waals surface area contributed by atoms with Crippen molar-refractivity contribution in [3.05, 3.63) is 12.2 Å². The first-order valence-corrected chi connectivity index (χ1v) is 7.98. The lowest BCUT2D eigenvalue weighted by molar-refractivity contribution is 1.20. The fourth-order valence-corrected chi connectivity index (χ4v) is 3.94. The molecule has 0 heterocycles. The highest BCUT2D eigenvalue weighted by atomic mass is 28.3. The second-order valence-electron chi connectivity index (χ2n) is 3.42. The van der Waals surface area contributed by atoms with Crippen molar-refractivity contribution < 1.29 is 0 Å². The monoisotopic (exact) mass is 194 g/mol. The summed E-state index contributed by atoms with van der Waals surface area (Å²) in [6.07, 6.45) is 5.14. The average molecular weight is 194 g/mol. The number of hydrogen-bond acceptors (Lipinski definition) is 0. The van der Waals surface area contributed by atoms with Crippen LogP contribution in [0.2, 0.25) is 18.1 Å². The molecular formula is C12H22Si. The Hall–Kier alpha value is -0.483. The van der Waals surface area contributed by atoms with E-state index in [1.54, 1.807) is 0 Å². The Morgan fingerprint density at radius 2 is 1.62 bits per heavy atom. The first-order valence-electron chi connectivity index (χ1n) is 5.35. The maximum absolute atomic E-state index is 3.55. The lowest BCUT2D eigenvalue weighted by Crippen LogP contribution is -2.29. The minimum atomic E-state index is -1.16. The van der Waals surface area contributed by atoms with E-state index in [4.69, 9.17) is 0 Å². The number of hydrogen-bond donors (Lipinski definition) is 0. The van der Waals surface area contributed by atoms with Gasteiger partial charge in [-0.05, 0) is 25.1 Å². The molecule has 0 bridgehead atoms. The summed E-state index contributed by atoms with van der Waals surface area (Å²) >= 11 is 0. The second-order valence-corrected chi connectivity index (χ2v) is 8.35. The Labute approximate surface area is 84.4 Å². The van der Waals surface area contributed by atoms with E-state index in [0.29, 0.717) is 0 Å². The first kappa shape index (κ1) is 12.5. The van der Waals surface area contributed by atoms with Gasteiger partial charge in [-0.15, -0.1) is 11.5 Å². The van der Waals surface area contributed by atoms with Gasteiger partial charge in [0, 0.05) is 6.42 Å². The molecule has 13 heavy (non-hydrogen) atoms. The van der Waals surface area contributed by atoms with E-state index >= 15 is 0 Å². The van der Waals surface area contributed by atoms with E-state index in [2.05, 4.69) is 44.4 Å². The summed E-state index contributed by atoms with van der Waals surface area (Å²) in [4.78, 5) is 0. The predicted molar refractivity (Wildman–Crippen MR) is 64.4 cm³/mol. The molecule has 0 aliphatic rings. The molecule has 0 aromatic rings. The molecule has 0 saturated carbocycles. The van der Waals surface area contributed by atoms with Gasteiger partial charge >= 0.3 is 0 Å². The summed E-state index contributed by atoms with van der Waals surface area (Å²) < 4.78 is 0. The summed E-state index contributed by atoms with van der Waals surface area (Å²) in [5.74, 6) is 3.30. The molecule has 0 nitrogen and oxygen atoms in total. The van der Waals surface area contributed by atoms with Crippen molar-refractivity contribution >= 4 is 8.07 Å². The lowest BCUT2D eigenvalue weighted by Gasteiger charge is -2.19. The zero-order valence-corrected chi connectivity index (χ0v) is 10.5. The van der Waals surface area contributed by atoms with Crippen molar-refractivity contribution in [1.29, 1.82) is 0 Å². The van der Waals surface area contributed by atoms with Gasteiger partial charge in [0.1, 0.15) is 8.07 Å². The number of allylic oxidation sites excluding steroid dienone is 2. The molecule has 0 atom stereocenters. The topological polar surface area (TPSA) is 0 Å². The van der Waals surface area contributed by atoms with Crippen molar-refractivity contribution in [3.63, 3.8) is 0 Å². The summed E-state index contributed by atoms with van der Waals surface area (Å²) in [5.41, 5.74) is 3.55. The third-order valence-electron chi connectivity index (χ3n) is 2.84. The quantitative estimate of drug-likeness (QED) is 0.360. The molecular weight excluding hydrogens is 172 g/mol. The Balaban J connectivity index is 4.27. The molecule has 0 radical (unpaired) electrons. The van der Waals surface area contributed by atoms with Gasteiger partial charge in [-0.1, -0.05) is 32.9 Å².